The molecule has 1 fully saturated rings. The lowest BCUT2D eigenvalue weighted by Gasteiger charge is -2.38. The van der Waals surface area contributed by atoms with Gasteiger partial charge in [0.05, 0.1) is 22.1 Å². The number of aliphatic hydroxyl groups excluding tert-OH is 1. The van der Waals surface area contributed by atoms with Gasteiger partial charge in [0, 0.05) is 26.2 Å². The van der Waals surface area contributed by atoms with Crippen LogP contribution in [-0.2, 0) is 17.9 Å². The van der Waals surface area contributed by atoms with E-state index in [4.69, 9.17) is 27.9 Å². The number of carbonyl (C=O) groups is 1. The highest BCUT2D eigenvalue weighted by atomic mass is 35.5. The number of hydrogen-bond acceptors (Lipinski definition) is 4. The highest BCUT2D eigenvalue weighted by molar-refractivity contribution is 6.42. The van der Waals surface area contributed by atoms with Crippen molar-refractivity contribution in [3.63, 3.8) is 0 Å². The van der Waals surface area contributed by atoms with Crippen LogP contribution in [0.3, 0.4) is 0 Å². The quantitative estimate of drug-likeness (QED) is 0.683. The number of rotatable bonds is 8. The SMILES string of the molecule is C[C@@H](O)CNC(=O)C1CN(Cc2ccc(OCc3ccc(Cl)c(Cl)c3)cc2)C1. The first-order valence-electron chi connectivity index (χ1n) is 9.24. The van der Waals surface area contributed by atoms with Crippen LogP contribution < -0.4 is 10.1 Å². The number of ether oxygens (including phenoxy) is 1. The van der Waals surface area contributed by atoms with Gasteiger partial charge in [-0.05, 0) is 42.3 Å². The summed E-state index contributed by atoms with van der Waals surface area (Å²) in [4.78, 5) is 14.1. The normalized spacial score (nSPS) is 15.7. The van der Waals surface area contributed by atoms with E-state index in [1.807, 2.05) is 30.3 Å². The second kappa shape index (κ2) is 9.61. The fourth-order valence-corrected chi connectivity index (χ4v) is 3.32. The van der Waals surface area contributed by atoms with Crippen molar-refractivity contribution in [3.8, 4) is 5.75 Å². The maximum Gasteiger partial charge on any atom is 0.225 e. The largest absolute Gasteiger partial charge is 0.489 e. The minimum Gasteiger partial charge on any atom is -0.489 e. The highest BCUT2D eigenvalue weighted by Gasteiger charge is 2.32. The van der Waals surface area contributed by atoms with Crippen LogP contribution in [0.1, 0.15) is 18.1 Å². The van der Waals surface area contributed by atoms with Gasteiger partial charge in [0.1, 0.15) is 12.4 Å². The molecule has 2 aromatic rings. The molecule has 1 aliphatic rings. The number of nitrogens with zero attached hydrogens (tertiary/aromatic N) is 1. The molecule has 0 spiro atoms. The summed E-state index contributed by atoms with van der Waals surface area (Å²) >= 11 is 11.9. The molecule has 2 N–H and O–H groups in total. The van der Waals surface area contributed by atoms with Crippen LogP contribution in [-0.4, -0.2) is 41.7 Å². The Morgan fingerprint density at radius 1 is 1.18 bits per heavy atom. The number of hydrogen-bond donors (Lipinski definition) is 2. The summed E-state index contributed by atoms with van der Waals surface area (Å²) in [6.07, 6.45) is -0.516. The zero-order chi connectivity index (χ0) is 20.1. The maximum absolute atomic E-state index is 11.9. The molecule has 1 aliphatic heterocycles. The second-order valence-electron chi connectivity index (χ2n) is 7.17. The first-order chi connectivity index (χ1) is 13.4. The first kappa shape index (κ1) is 20.9. The molecule has 0 aliphatic carbocycles. The third kappa shape index (κ3) is 5.85. The minimum atomic E-state index is -0.516. The molecule has 150 valence electrons. The van der Waals surface area contributed by atoms with E-state index in [1.165, 1.54) is 5.56 Å². The Labute approximate surface area is 175 Å². The Kier molecular flexibility index (Phi) is 7.18. The Hall–Kier alpha value is -1.79. The van der Waals surface area contributed by atoms with Crippen molar-refractivity contribution in [2.24, 2.45) is 5.92 Å². The smallest absolute Gasteiger partial charge is 0.225 e. The predicted octanol–water partition coefficient (Wildman–Crippen LogP) is 3.50. The highest BCUT2D eigenvalue weighted by Crippen LogP contribution is 2.24. The lowest BCUT2D eigenvalue weighted by molar-refractivity contribution is -0.130. The molecular weight excluding hydrogens is 399 g/mol. The van der Waals surface area contributed by atoms with Crippen LogP contribution in [0.4, 0.5) is 0 Å². The van der Waals surface area contributed by atoms with Gasteiger partial charge in [0.2, 0.25) is 5.91 Å². The first-order valence-corrected chi connectivity index (χ1v) is 10.00. The van der Waals surface area contributed by atoms with Crippen molar-refractivity contribution in [1.29, 1.82) is 0 Å². The van der Waals surface area contributed by atoms with Gasteiger partial charge >= 0.3 is 0 Å². The summed E-state index contributed by atoms with van der Waals surface area (Å²) in [5.41, 5.74) is 2.13. The van der Waals surface area contributed by atoms with E-state index in [0.717, 1.165) is 30.9 Å². The lowest BCUT2D eigenvalue weighted by Crippen LogP contribution is -2.53. The average molecular weight is 423 g/mol. The molecule has 5 nitrogen and oxygen atoms in total. The summed E-state index contributed by atoms with van der Waals surface area (Å²) in [6.45, 7) is 4.66. The van der Waals surface area contributed by atoms with E-state index in [1.54, 1.807) is 19.1 Å². The Morgan fingerprint density at radius 2 is 1.86 bits per heavy atom. The molecule has 0 aromatic heterocycles. The molecular formula is C21H24Cl2N2O3. The summed E-state index contributed by atoms with van der Waals surface area (Å²) in [6, 6.07) is 13.4. The minimum absolute atomic E-state index is 0.00700. The number of carbonyl (C=O) groups excluding carboxylic acids is 1. The van der Waals surface area contributed by atoms with Gasteiger partial charge in [-0.25, -0.2) is 0 Å². The van der Waals surface area contributed by atoms with Gasteiger partial charge in [-0.1, -0.05) is 41.4 Å². The van der Waals surface area contributed by atoms with Gasteiger partial charge in [0.25, 0.3) is 0 Å². The summed E-state index contributed by atoms with van der Waals surface area (Å²) in [5, 5.41) is 13.0. The maximum atomic E-state index is 11.9. The molecule has 0 saturated carbocycles. The van der Waals surface area contributed by atoms with Crippen LogP contribution in [0.15, 0.2) is 42.5 Å². The molecule has 0 bridgehead atoms. The van der Waals surface area contributed by atoms with E-state index in [2.05, 4.69) is 10.2 Å². The summed E-state index contributed by atoms with van der Waals surface area (Å²) in [7, 11) is 0. The molecule has 1 atom stereocenters. The van der Waals surface area contributed by atoms with Crippen LogP contribution in [0.25, 0.3) is 0 Å². The third-order valence-corrected chi connectivity index (χ3v) is 5.36. The van der Waals surface area contributed by atoms with Gasteiger partial charge < -0.3 is 15.2 Å². The molecule has 1 saturated heterocycles. The van der Waals surface area contributed by atoms with Crippen LogP contribution in [0, 0.1) is 5.92 Å². The van der Waals surface area contributed by atoms with E-state index >= 15 is 0 Å². The van der Waals surface area contributed by atoms with Gasteiger partial charge in [-0.2, -0.15) is 0 Å². The van der Waals surface area contributed by atoms with Crippen molar-refractivity contribution < 1.29 is 14.6 Å². The van der Waals surface area contributed by atoms with Crippen LogP contribution in [0.2, 0.25) is 10.0 Å². The molecule has 1 amide bonds. The Balaban J connectivity index is 1.41. The Morgan fingerprint density at radius 3 is 2.50 bits per heavy atom. The van der Waals surface area contributed by atoms with Crippen molar-refractivity contribution in [1.82, 2.24) is 10.2 Å². The van der Waals surface area contributed by atoms with Crippen molar-refractivity contribution in [2.45, 2.75) is 26.2 Å². The number of benzene rings is 2. The second-order valence-corrected chi connectivity index (χ2v) is 7.98. The van der Waals surface area contributed by atoms with E-state index in [0.29, 0.717) is 23.2 Å². The average Bonchev–Trinajstić information content (AvgIpc) is 2.64. The fourth-order valence-electron chi connectivity index (χ4n) is 3.00. The molecule has 3 rings (SSSR count). The Bertz CT molecular complexity index is 806. The molecule has 28 heavy (non-hydrogen) atoms. The number of nitrogens with one attached hydrogen (secondary N) is 1. The number of aliphatic hydroxyl groups is 1. The van der Waals surface area contributed by atoms with Crippen molar-refractivity contribution in [2.75, 3.05) is 19.6 Å². The van der Waals surface area contributed by atoms with E-state index in [9.17, 15) is 9.90 Å². The fraction of sp³-hybridized carbons (Fsp3) is 0.381. The topological polar surface area (TPSA) is 61.8 Å². The standard InChI is InChI=1S/C21H24Cl2N2O3/c1-14(26)9-24-21(27)17-11-25(12-17)10-15-2-5-18(6-3-15)28-13-16-4-7-19(22)20(23)8-16/h2-8,14,17,26H,9-13H2,1H3,(H,24,27)/t14-/m1/s1. The molecule has 7 heteroatoms. The summed E-state index contributed by atoms with van der Waals surface area (Å²) in [5.74, 6) is 0.810. The van der Waals surface area contributed by atoms with E-state index < -0.39 is 6.10 Å². The summed E-state index contributed by atoms with van der Waals surface area (Å²) < 4.78 is 5.79. The van der Waals surface area contributed by atoms with Crippen molar-refractivity contribution in [3.05, 3.63) is 63.6 Å². The number of halogens is 2. The third-order valence-electron chi connectivity index (χ3n) is 4.62. The predicted molar refractivity (Wildman–Crippen MR) is 111 cm³/mol. The zero-order valence-corrected chi connectivity index (χ0v) is 17.2. The van der Waals surface area contributed by atoms with Gasteiger partial charge in [0.15, 0.2) is 0 Å². The molecule has 0 unspecified atom stereocenters. The molecule has 2 aromatic carbocycles. The molecule has 1 heterocycles. The van der Waals surface area contributed by atoms with Gasteiger partial charge in [-0.3, -0.25) is 9.69 Å². The zero-order valence-electron chi connectivity index (χ0n) is 15.7. The number of likely N-dealkylation sites (tertiary alicyclic amines) is 1. The van der Waals surface area contributed by atoms with E-state index in [-0.39, 0.29) is 11.8 Å². The van der Waals surface area contributed by atoms with Crippen LogP contribution in [0.5, 0.6) is 5.75 Å². The van der Waals surface area contributed by atoms with Crippen LogP contribution >= 0.6 is 23.2 Å². The lowest BCUT2D eigenvalue weighted by atomic mass is 9.98. The monoisotopic (exact) mass is 422 g/mol. The number of amides is 1. The van der Waals surface area contributed by atoms with Crippen molar-refractivity contribution >= 4 is 29.1 Å². The van der Waals surface area contributed by atoms with Gasteiger partial charge in [-0.15, -0.1) is 0 Å². The molecule has 0 radical (unpaired) electrons.